The van der Waals surface area contributed by atoms with Gasteiger partial charge in [-0.05, 0) is 35.4 Å². The first-order valence-electron chi connectivity index (χ1n) is 7.85. The molecule has 3 nitrogen and oxygen atoms in total. The van der Waals surface area contributed by atoms with Crippen LogP contribution in [0.2, 0.25) is 0 Å². The molecule has 0 saturated carbocycles. The van der Waals surface area contributed by atoms with Gasteiger partial charge in [0.15, 0.2) is 12.0 Å². The number of hydrogen-bond donors (Lipinski definition) is 0. The van der Waals surface area contributed by atoms with Crippen LogP contribution in [0.25, 0.3) is 11.3 Å². The van der Waals surface area contributed by atoms with E-state index in [1.54, 1.807) is 19.2 Å². The molecule has 3 aromatic rings. The number of carbonyl (C=O) groups excluding carboxylic acids is 1. The Hall–Kier alpha value is -2.81. The van der Waals surface area contributed by atoms with Crippen molar-refractivity contribution in [2.45, 2.75) is 19.3 Å². The van der Waals surface area contributed by atoms with Crippen molar-refractivity contribution in [3.63, 3.8) is 0 Å². The molecule has 0 aliphatic carbocycles. The van der Waals surface area contributed by atoms with Crippen LogP contribution in [0.5, 0.6) is 5.75 Å². The summed E-state index contributed by atoms with van der Waals surface area (Å²) in [5.41, 5.74) is 3.05. The monoisotopic (exact) mass is 320 g/mol. The van der Waals surface area contributed by atoms with Crippen molar-refractivity contribution in [2.24, 2.45) is 0 Å². The number of aldehydes is 1. The Morgan fingerprint density at radius 2 is 1.71 bits per heavy atom. The van der Waals surface area contributed by atoms with E-state index in [0.717, 1.165) is 16.9 Å². The maximum absolute atomic E-state index is 10.9. The van der Waals surface area contributed by atoms with Gasteiger partial charge < -0.3 is 9.15 Å². The summed E-state index contributed by atoms with van der Waals surface area (Å²) in [6.45, 7) is 4.37. The third kappa shape index (κ3) is 2.85. The Morgan fingerprint density at radius 3 is 2.33 bits per heavy atom. The van der Waals surface area contributed by atoms with Crippen molar-refractivity contribution in [3.8, 4) is 17.1 Å². The maximum atomic E-state index is 10.9. The van der Waals surface area contributed by atoms with Crippen LogP contribution in [0, 0.1) is 0 Å². The SMILES string of the molecule is COc1ccc(C(C)(C)c2ccccc2)cc1-c1ccc(C=O)o1. The molecular formula is C21H20O3. The van der Waals surface area contributed by atoms with E-state index in [-0.39, 0.29) is 5.41 Å². The first-order chi connectivity index (χ1) is 11.6. The molecule has 0 saturated heterocycles. The molecule has 122 valence electrons. The molecule has 1 aromatic heterocycles. The van der Waals surface area contributed by atoms with E-state index in [1.807, 2.05) is 24.3 Å². The molecule has 3 rings (SSSR count). The van der Waals surface area contributed by atoms with Crippen LogP contribution in [0.1, 0.15) is 35.5 Å². The molecule has 0 fully saturated rings. The average molecular weight is 320 g/mol. The lowest BCUT2D eigenvalue weighted by molar-refractivity contribution is 0.110. The lowest BCUT2D eigenvalue weighted by Gasteiger charge is -2.27. The van der Waals surface area contributed by atoms with Gasteiger partial charge >= 0.3 is 0 Å². The third-order valence-electron chi connectivity index (χ3n) is 4.43. The summed E-state index contributed by atoms with van der Waals surface area (Å²) < 4.78 is 11.1. The fourth-order valence-electron chi connectivity index (χ4n) is 2.87. The third-order valence-corrected chi connectivity index (χ3v) is 4.43. The van der Waals surface area contributed by atoms with Crippen LogP contribution in [0.3, 0.4) is 0 Å². The topological polar surface area (TPSA) is 39.4 Å². The summed E-state index contributed by atoms with van der Waals surface area (Å²) in [6, 6.07) is 19.9. The summed E-state index contributed by atoms with van der Waals surface area (Å²) in [7, 11) is 1.63. The Bertz CT molecular complexity index is 845. The average Bonchev–Trinajstić information content (AvgIpc) is 3.11. The van der Waals surface area contributed by atoms with Gasteiger partial charge in [-0.1, -0.05) is 50.2 Å². The Balaban J connectivity index is 2.11. The molecule has 3 heteroatoms. The van der Waals surface area contributed by atoms with Crippen molar-refractivity contribution >= 4 is 6.29 Å². The van der Waals surface area contributed by atoms with Gasteiger partial charge in [0.2, 0.25) is 0 Å². The minimum absolute atomic E-state index is 0.164. The predicted molar refractivity (Wildman–Crippen MR) is 94.7 cm³/mol. The minimum Gasteiger partial charge on any atom is -0.496 e. The summed E-state index contributed by atoms with van der Waals surface area (Å²) in [4.78, 5) is 10.9. The molecule has 0 aliphatic heterocycles. The first kappa shape index (κ1) is 16.1. The van der Waals surface area contributed by atoms with Gasteiger partial charge in [-0.15, -0.1) is 0 Å². The number of carbonyl (C=O) groups is 1. The molecule has 0 radical (unpaired) electrons. The number of furan rings is 1. The molecule has 0 aliphatic rings. The molecule has 0 N–H and O–H groups in total. The van der Waals surface area contributed by atoms with Crippen LogP contribution in [0.15, 0.2) is 65.1 Å². The predicted octanol–water partition coefficient (Wildman–Crippen LogP) is 5.09. The second-order valence-electron chi connectivity index (χ2n) is 6.23. The van der Waals surface area contributed by atoms with Crippen molar-refractivity contribution in [1.82, 2.24) is 0 Å². The van der Waals surface area contributed by atoms with Gasteiger partial charge in [-0.2, -0.15) is 0 Å². The highest BCUT2D eigenvalue weighted by Gasteiger charge is 2.24. The molecule has 0 bridgehead atoms. The first-order valence-corrected chi connectivity index (χ1v) is 7.85. The fraction of sp³-hybridized carbons (Fsp3) is 0.190. The highest BCUT2D eigenvalue weighted by atomic mass is 16.5. The molecule has 0 unspecified atom stereocenters. The summed E-state index contributed by atoms with van der Waals surface area (Å²) in [5.74, 6) is 1.65. The van der Waals surface area contributed by atoms with E-state index in [2.05, 4.69) is 38.1 Å². The van der Waals surface area contributed by atoms with Crippen LogP contribution in [0.4, 0.5) is 0 Å². The van der Waals surface area contributed by atoms with Crippen molar-refractivity contribution in [1.29, 1.82) is 0 Å². The summed E-state index contributed by atoms with van der Waals surface area (Å²) >= 11 is 0. The largest absolute Gasteiger partial charge is 0.496 e. The van der Waals surface area contributed by atoms with Gasteiger partial charge in [-0.3, -0.25) is 4.79 Å². The number of ether oxygens (including phenoxy) is 1. The van der Waals surface area contributed by atoms with Gasteiger partial charge in [0.1, 0.15) is 11.5 Å². The zero-order chi connectivity index (χ0) is 17.2. The lowest BCUT2D eigenvalue weighted by atomic mass is 9.77. The van der Waals surface area contributed by atoms with E-state index in [1.165, 1.54) is 5.56 Å². The maximum Gasteiger partial charge on any atom is 0.185 e. The Labute approximate surface area is 141 Å². The van der Waals surface area contributed by atoms with E-state index in [4.69, 9.17) is 9.15 Å². The van der Waals surface area contributed by atoms with E-state index in [9.17, 15) is 4.79 Å². The van der Waals surface area contributed by atoms with Gasteiger partial charge in [0, 0.05) is 5.41 Å². The van der Waals surface area contributed by atoms with Crippen LogP contribution < -0.4 is 4.74 Å². The van der Waals surface area contributed by atoms with Crippen molar-refractivity contribution in [2.75, 3.05) is 7.11 Å². The van der Waals surface area contributed by atoms with Crippen molar-refractivity contribution < 1.29 is 13.9 Å². The standard InChI is InChI=1S/C21H20O3/c1-21(2,15-7-5-4-6-8-15)16-9-11-19(23-3)18(13-16)20-12-10-17(14-22)24-20/h4-14H,1-3H3. The number of hydrogen-bond acceptors (Lipinski definition) is 3. The zero-order valence-corrected chi connectivity index (χ0v) is 14.1. The fourth-order valence-corrected chi connectivity index (χ4v) is 2.87. The second kappa shape index (κ2) is 6.36. The van der Waals surface area contributed by atoms with Crippen LogP contribution >= 0.6 is 0 Å². The van der Waals surface area contributed by atoms with Crippen LogP contribution in [-0.2, 0) is 5.41 Å². The molecule has 0 amide bonds. The Morgan fingerprint density at radius 1 is 0.958 bits per heavy atom. The van der Waals surface area contributed by atoms with Gasteiger partial charge in [-0.25, -0.2) is 0 Å². The molecule has 2 aromatic carbocycles. The van der Waals surface area contributed by atoms with Crippen molar-refractivity contribution in [3.05, 3.63) is 77.6 Å². The molecule has 0 atom stereocenters. The smallest absolute Gasteiger partial charge is 0.185 e. The summed E-state index contributed by atoms with van der Waals surface area (Å²) in [5, 5.41) is 0. The normalized spacial score (nSPS) is 11.3. The number of methoxy groups -OCH3 is 1. The van der Waals surface area contributed by atoms with Gasteiger partial charge in [0.05, 0.1) is 12.7 Å². The summed E-state index contributed by atoms with van der Waals surface area (Å²) in [6.07, 6.45) is 0.702. The quantitative estimate of drug-likeness (QED) is 0.614. The second-order valence-corrected chi connectivity index (χ2v) is 6.23. The number of rotatable bonds is 5. The van der Waals surface area contributed by atoms with Crippen LogP contribution in [-0.4, -0.2) is 13.4 Å². The molecule has 1 heterocycles. The van der Waals surface area contributed by atoms with E-state index >= 15 is 0 Å². The Kier molecular flexibility index (Phi) is 4.26. The highest BCUT2D eigenvalue weighted by Crippen LogP contribution is 2.38. The molecular weight excluding hydrogens is 300 g/mol. The van der Waals surface area contributed by atoms with E-state index in [0.29, 0.717) is 17.8 Å². The molecule has 24 heavy (non-hydrogen) atoms. The highest BCUT2D eigenvalue weighted by molar-refractivity contribution is 5.74. The zero-order valence-electron chi connectivity index (χ0n) is 14.1. The lowest BCUT2D eigenvalue weighted by Crippen LogP contribution is -2.18. The minimum atomic E-state index is -0.164. The molecule has 0 spiro atoms. The number of benzene rings is 2. The van der Waals surface area contributed by atoms with Gasteiger partial charge in [0.25, 0.3) is 0 Å². The van der Waals surface area contributed by atoms with E-state index < -0.39 is 0 Å².